The summed E-state index contributed by atoms with van der Waals surface area (Å²) in [5.41, 5.74) is 0. The Morgan fingerprint density at radius 1 is 0.615 bits per heavy atom. The van der Waals surface area contributed by atoms with Gasteiger partial charge in [-0.15, -0.1) is 0 Å². The lowest BCUT2D eigenvalue weighted by Crippen LogP contribution is -2.38. The van der Waals surface area contributed by atoms with Crippen LogP contribution in [0.3, 0.4) is 0 Å². The standard InChI is InChI=1S/C8F14O.C2H3F/c9-1(5(13,14)7(17,18)19)3(11)23-4(12)2(10)6(15,16)8(20,21)22;1-2-3/h;2H,1H2. The second-order valence-corrected chi connectivity index (χ2v) is 3.58. The van der Waals surface area contributed by atoms with Crippen molar-refractivity contribution in [1.82, 2.24) is 0 Å². The molecule has 26 heavy (non-hydrogen) atoms. The molecule has 0 aliphatic heterocycles. The number of hydrogen-bond donors (Lipinski definition) is 0. The maximum atomic E-state index is 12.5. The Bertz CT molecular complexity index is 504. The largest absolute Gasteiger partial charge is 0.460 e. The van der Waals surface area contributed by atoms with Crippen LogP contribution >= 0.6 is 0 Å². The number of alkyl halides is 10. The molecule has 0 saturated carbocycles. The molecule has 0 bridgehead atoms. The van der Waals surface area contributed by atoms with Crippen LogP contribution in [0.4, 0.5) is 65.9 Å². The monoisotopic (exact) mass is 424 g/mol. The van der Waals surface area contributed by atoms with Gasteiger partial charge < -0.3 is 4.74 Å². The Kier molecular flexibility index (Phi) is 8.64. The van der Waals surface area contributed by atoms with Gasteiger partial charge in [0.1, 0.15) is 0 Å². The first kappa shape index (κ1) is 26.2. The van der Waals surface area contributed by atoms with Crippen LogP contribution in [0, 0.1) is 0 Å². The zero-order chi connectivity index (χ0) is 21.7. The van der Waals surface area contributed by atoms with Gasteiger partial charge in [0.05, 0.1) is 6.33 Å². The first-order valence-electron chi connectivity index (χ1n) is 5.18. The average molecular weight is 424 g/mol. The minimum absolute atomic E-state index is 0.250. The lowest BCUT2D eigenvalue weighted by Gasteiger charge is -2.19. The molecule has 0 aliphatic rings. The summed E-state index contributed by atoms with van der Waals surface area (Å²) in [6.45, 7) is 2.69. The highest BCUT2D eigenvalue weighted by Crippen LogP contribution is 2.45. The number of hydrogen-bond acceptors (Lipinski definition) is 1. The molecule has 0 N–H and O–H groups in total. The van der Waals surface area contributed by atoms with Crippen LogP contribution in [0.1, 0.15) is 0 Å². The van der Waals surface area contributed by atoms with E-state index in [1.807, 2.05) is 0 Å². The number of rotatable bonds is 4. The van der Waals surface area contributed by atoms with E-state index in [2.05, 4.69) is 11.3 Å². The molecular weight excluding hydrogens is 421 g/mol. The number of halogens is 15. The molecule has 0 rings (SSSR count). The summed E-state index contributed by atoms with van der Waals surface area (Å²) in [7, 11) is 0. The SMILES string of the molecule is C=CF.FC(OC(F)=C(F)C(F)(F)C(F)(F)F)=C(F)C(F)(F)C(F)(F)F. The molecule has 0 heterocycles. The van der Waals surface area contributed by atoms with Crippen LogP contribution in [-0.4, -0.2) is 24.2 Å². The summed E-state index contributed by atoms with van der Waals surface area (Å²) in [4.78, 5) is 0. The van der Waals surface area contributed by atoms with Gasteiger partial charge in [0.2, 0.25) is 0 Å². The maximum absolute atomic E-state index is 12.5. The van der Waals surface area contributed by atoms with Crippen molar-refractivity contribution in [2.75, 3.05) is 0 Å². The van der Waals surface area contributed by atoms with Crippen molar-refractivity contribution in [1.29, 1.82) is 0 Å². The summed E-state index contributed by atoms with van der Waals surface area (Å²) in [5, 5.41) is 0. The van der Waals surface area contributed by atoms with Crippen LogP contribution < -0.4 is 0 Å². The Labute approximate surface area is 133 Å². The molecule has 0 aromatic heterocycles. The number of ether oxygens (including phenoxy) is 1. The van der Waals surface area contributed by atoms with Crippen molar-refractivity contribution in [3.05, 3.63) is 36.6 Å². The van der Waals surface area contributed by atoms with Crippen molar-refractivity contribution in [3.63, 3.8) is 0 Å². The maximum Gasteiger partial charge on any atom is 0.460 e. The molecule has 1 nitrogen and oxygen atoms in total. The van der Waals surface area contributed by atoms with E-state index in [1.54, 1.807) is 0 Å². The van der Waals surface area contributed by atoms with E-state index in [0.29, 0.717) is 0 Å². The topological polar surface area (TPSA) is 9.23 Å². The van der Waals surface area contributed by atoms with Crippen molar-refractivity contribution in [2.24, 2.45) is 0 Å². The van der Waals surface area contributed by atoms with E-state index in [9.17, 15) is 65.9 Å². The molecule has 0 aromatic rings. The third-order valence-electron chi connectivity index (χ3n) is 1.79. The predicted octanol–water partition coefficient (Wildman–Crippen LogP) is 6.71. The Morgan fingerprint density at radius 3 is 0.962 bits per heavy atom. The summed E-state index contributed by atoms with van der Waals surface area (Å²) >= 11 is 0. The highest BCUT2D eigenvalue weighted by atomic mass is 19.4. The smallest absolute Gasteiger partial charge is 0.400 e. The highest BCUT2D eigenvalue weighted by molar-refractivity contribution is 5.13. The van der Waals surface area contributed by atoms with Gasteiger partial charge in [0.25, 0.3) is 11.7 Å². The molecule has 0 radical (unpaired) electrons. The van der Waals surface area contributed by atoms with Crippen molar-refractivity contribution in [2.45, 2.75) is 24.2 Å². The minimum atomic E-state index is -6.80. The zero-order valence-electron chi connectivity index (χ0n) is 11.4. The molecule has 0 unspecified atom stereocenters. The fourth-order valence-corrected chi connectivity index (χ4v) is 0.664. The zero-order valence-corrected chi connectivity index (χ0v) is 11.4. The molecule has 16 heteroatoms. The van der Waals surface area contributed by atoms with Crippen LogP contribution in [0.15, 0.2) is 36.6 Å². The van der Waals surface area contributed by atoms with E-state index < -0.39 is 47.9 Å². The van der Waals surface area contributed by atoms with Gasteiger partial charge in [-0.25, -0.2) is 4.39 Å². The van der Waals surface area contributed by atoms with Crippen LogP contribution in [0.25, 0.3) is 0 Å². The molecule has 0 saturated heterocycles. The quantitative estimate of drug-likeness (QED) is 0.360. The predicted molar refractivity (Wildman–Crippen MR) is 52.9 cm³/mol. The fraction of sp³-hybridized carbons (Fsp3) is 0.400. The molecule has 0 atom stereocenters. The molecule has 0 fully saturated rings. The Morgan fingerprint density at radius 2 is 0.808 bits per heavy atom. The van der Waals surface area contributed by atoms with Crippen LogP contribution in [0.2, 0.25) is 0 Å². The van der Waals surface area contributed by atoms with E-state index in [-0.39, 0.29) is 6.33 Å². The average Bonchev–Trinajstić information content (AvgIpc) is 2.43. The van der Waals surface area contributed by atoms with Gasteiger partial charge in [-0.3, -0.25) is 0 Å². The molecule has 0 aliphatic carbocycles. The van der Waals surface area contributed by atoms with Gasteiger partial charge in [-0.05, 0) is 0 Å². The minimum Gasteiger partial charge on any atom is -0.400 e. The summed E-state index contributed by atoms with van der Waals surface area (Å²) < 4.78 is 180. The van der Waals surface area contributed by atoms with E-state index in [1.165, 1.54) is 0 Å². The van der Waals surface area contributed by atoms with Gasteiger partial charge >= 0.3 is 36.2 Å². The lowest BCUT2D eigenvalue weighted by atomic mass is 10.3. The molecular formula is C10H3F15O. The first-order chi connectivity index (χ1) is 11.3. The van der Waals surface area contributed by atoms with Gasteiger partial charge in [-0.1, -0.05) is 6.58 Å². The molecule has 0 spiro atoms. The second-order valence-electron chi connectivity index (χ2n) is 3.58. The van der Waals surface area contributed by atoms with Crippen LogP contribution in [-0.2, 0) is 4.74 Å². The normalized spacial score (nSPS) is 15.3. The lowest BCUT2D eigenvalue weighted by molar-refractivity contribution is -0.273. The Hall–Kier alpha value is -2.03. The number of allylic oxidation sites excluding steroid dienone is 2. The molecule has 154 valence electrons. The first-order valence-corrected chi connectivity index (χ1v) is 5.18. The second kappa shape index (κ2) is 8.57. The van der Waals surface area contributed by atoms with E-state index in [4.69, 9.17) is 0 Å². The fourth-order valence-electron chi connectivity index (χ4n) is 0.664. The Balaban J connectivity index is 0. The highest BCUT2D eigenvalue weighted by Gasteiger charge is 2.64. The van der Waals surface area contributed by atoms with Crippen molar-refractivity contribution >= 4 is 0 Å². The molecule has 0 amide bonds. The summed E-state index contributed by atoms with van der Waals surface area (Å²) in [6, 6.07) is -7.84. The van der Waals surface area contributed by atoms with Gasteiger partial charge in [-0.2, -0.15) is 61.5 Å². The third kappa shape index (κ3) is 6.05. The summed E-state index contributed by atoms with van der Waals surface area (Å²) in [6.07, 6.45) is -13.3. The van der Waals surface area contributed by atoms with Crippen molar-refractivity contribution in [3.8, 4) is 0 Å². The van der Waals surface area contributed by atoms with E-state index in [0.717, 1.165) is 0 Å². The van der Waals surface area contributed by atoms with E-state index >= 15 is 0 Å². The molecule has 0 aromatic carbocycles. The third-order valence-corrected chi connectivity index (χ3v) is 1.79. The summed E-state index contributed by atoms with van der Waals surface area (Å²) in [5.74, 6) is -21.8. The van der Waals surface area contributed by atoms with Crippen LogP contribution in [0.5, 0.6) is 0 Å². The van der Waals surface area contributed by atoms with Gasteiger partial charge in [0, 0.05) is 0 Å². The van der Waals surface area contributed by atoms with Gasteiger partial charge in [0.15, 0.2) is 0 Å². The van der Waals surface area contributed by atoms with Crippen molar-refractivity contribution < 1.29 is 70.6 Å².